The molecular formula is C13H7F3INO. The molecule has 19 heavy (non-hydrogen) atoms. The molecule has 2 aromatic rings. The molecule has 0 saturated carbocycles. The summed E-state index contributed by atoms with van der Waals surface area (Å²) in [6, 6.07) is 7.64. The summed E-state index contributed by atoms with van der Waals surface area (Å²) in [5, 5.41) is 2.35. The molecule has 2 nitrogen and oxygen atoms in total. The van der Waals surface area contributed by atoms with Gasteiger partial charge >= 0.3 is 0 Å². The van der Waals surface area contributed by atoms with E-state index in [1.165, 1.54) is 0 Å². The molecule has 6 heteroatoms. The Balaban J connectivity index is 2.31. The highest BCUT2D eigenvalue weighted by atomic mass is 127. The highest BCUT2D eigenvalue weighted by Crippen LogP contribution is 2.18. The number of carbonyl (C=O) groups is 1. The van der Waals surface area contributed by atoms with E-state index in [-0.39, 0.29) is 0 Å². The quantitative estimate of drug-likeness (QED) is 0.789. The third-order valence-corrected chi connectivity index (χ3v) is 2.99. The van der Waals surface area contributed by atoms with E-state index in [0.717, 1.165) is 3.57 Å². The Morgan fingerprint density at radius 1 is 1.05 bits per heavy atom. The highest BCUT2D eigenvalue weighted by molar-refractivity contribution is 14.1. The average Bonchev–Trinajstić information content (AvgIpc) is 2.27. The van der Waals surface area contributed by atoms with Gasteiger partial charge in [-0.05, 0) is 40.8 Å². The fourth-order valence-corrected chi connectivity index (χ4v) is 2.06. The molecule has 0 radical (unpaired) electrons. The van der Waals surface area contributed by atoms with Gasteiger partial charge in [0.15, 0.2) is 0 Å². The molecule has 0 aliphatic heterocycles. The topological polar surface area (TPSA) is 29.1 Å². The fraction of sp³-hybridized carbons (Fsp3) is 0. The number of hydrogen-bond donors (Lipinski definition) is 1. The van der Waals surface area contributed by atoms with Crippen molar-refractivity contribution in [1.82, 2.24) is 0 Å². The molecule has 0 aromatic heterocycles. The van der Waals surface area contributed by atoms with Crippen molar-refractivity contribution in [2.75, 3.05) is 5.32 Å². The minimum atomic E-state index is -1.24. The lowest BCUT2D eigenvalue weighted by molar-refractivity contribution is 0.101. The van der Waals surface area contributed by atoms with E-state index in [1.54, 1.807) is 24.3 Å². The summed E-state index contributed by atoms with van der Waals surface area (Å²) >= 11 is 2.04. The third kappa shape index (κ3) is 3.25. The molecule has 98 valence electrons. The van der Waals surface area contributed by atoms with Gasteiger partial charge in [-0.1, -0.05) is 6.07 Å². The van der Waals surface area contributed by atoms with Gasteiger partial charge < -0.3 is 5.32 Å². The van der Waals surface area contributed by atoms with Crippen LogP contribution in [0.2, 0.25) is 0 Å². The smallest absolute Gasteiger partial charge is 0.261 e. The van der Waals surface area contributed by atoms with E-state index in [9.17, 15) is 18.0 Å². The van der Waals surface area contributed by atoms with Crippen molar-refractivity contribution in [3.63, 3.8) is 0 Å². The number of rotatable bonds is 2. The van der Waals surface area contributed by atoms with Crippen molar-refractivity contribution in [3.05, 3.63) is 63.0 Å². The van der Waals surface area contributed by atoms with Crippen LogP contribution >= 0.6 is 22.6 Å². The highest BCUT2D eigenvalue weighted by Gasteiger charge is 2.19. The molecular weight excluding hydrogens is 370 g/mol. The predicted molar refractivity (Wildman–Crippen MR) is 73.4 cm³/mol. The van der Waals surface area contributed by atoms with Crippen molar-refractivity contribution < 1.29 is 18.0 Å². The normalized spacial score (nSPS) is 10.3. The van der Waals surface area contributed by atoms with Crippen LogP contribution in [0.25, 0.3) is 0 Å². The maximum absolute atomic E-state index is 13.4. The predicted octanol–water partition coefficient (Wildman–Crippen LogP) is 3.96. The van der Waals surface area contributed by atoms with Crippen molar-refractivity contribution in [1.29, 1.82) is 0 Å². The van der Waals surface area contributed by atoms with Crippen LogP contribution in [0.4, 0.5) is 18.9 Å². The average molecular weight is 377 g/mol. The van der Waals surface area contributed by atoms with Gasteiger partial charge in [0.1, 0.15) is 23.0 Å². The summed E-state index contributed by atoms with van der Waals surface area (Å²) in [5.41, 5.74) is -0.403. The van der Waals surface area contributed by atoms with Crippen LogP contribution in [0.5, 0.6) is 0 Å². The van der Waals surface area contributed by atoms with E-state index in [1.807, 2.05) is 22.6 Å². The van der Waals surface area contributed by atoms with Crippen LogP contribution in [0.15, 0.2) is 36.4 Å². The van der Waals surface area contributed by atoms with Gasteiger partial charge in [-0.3, -0.25) is 4.79 Å². The first-order valence-electron chi connectivity index (χ1n) is 5.19. The van der Waals surface area contributed by atoms with Crippen molar-refractivity contribution >= 4 is 34.2 Å². The second-order valence-corrected chi connectivity index (χ2v) is 4.95. The zero-order chi connectivity index (χ0) is 14.0. The monoisotopic (exact) mass is 377 g/mol. The summed E-state index contributed by atoms with van der Waals surface area (Å²) in [6.45, 7) is 0. The molecule has 1 N–H and O–H groups in total. The molecule has 2 aromatic carbocycles. The Labute approximate surface area is 120 Å². The molecule has 0 unspecified atom stereocenters. The molecule has 0 fully saturated rings. The lowest BCUT2D eigenvalue weighted by atomic mass is 10.1. The molecule has 0 heterocycles. The second kappa shape index (κ2) is 5.60. The molecule has 0 spiro atoms. The third-order valence-electron chi connectivity index (χ3n) is 2.32. The number of amides is 1. The minimum Gasteiger partial charge on any atom is -0.322 e. The number of nitrogens with one attached hydrogen (secondary N) is 1. The number of halogens is 4. The van der Waals surface area contributed by atoms with Crippen LogP contribution < -0.4 is 5.32 Å². The number of hydrogen-bond acceptors (Lipinski definition) is 1. The molecule has 1 amide bonds. The van der Waals surface area contributed by atoms with E-state index in [2.05, 4.69) is 5.32 Å². The van der Waals surface area contributed by atoms with Gasteiger partial charge in [0.05, 0.1) is 0 Å². The SMILES string of the molecule is O=C(Nc1cccc(I)c1)c1c(F)cc(F)cc1F. The molecule has 0 saturated heterocycles. The minimum absolute atomic E-state index is 0.403. The summed E-state index contributed by atoms with van der Waals surface area (Å²) in [6.07, 6.45) is 0. The first kappa shape index (κ1) is 13.9. The van der Waals surface area contributed by atoms with Crippen LogP contribution in [-0.4, -0.2) is 5.91 Å². The van der Waals surface area contributed by atoms with E-state index in [0.29, 0.717) is 17.8 Å². The molecule has 0 bridgehead atoms. The van der Waals surface area contributed by atoms with E-state index in [4.69, 9.17) is 0 Å². The van der Waals surface area contributed by atoms with Crippen molar-refractivity contribution in [3.8, 4) is 0 Å². The van der Waals surface area contributed by atoms with Gasteiger partial charge in [0.2, 0.25) is 0 Å². The standard InChI is InChI=1S/C13H7F3INO/c14-7-4-10(15)12(11(16)5-7)13(19)18-9-3-1-2-8(17)6-9/h1-6H,(H,18,19). The van der Waals surface area contributed by atoms with Gasteiger partial charge in [0, 0.05) is 21.4 Å². The Hall–Kier alpha value is -1.57. The van der Waals surface area contributed by atoms with Gasteiger partial charge in [-0.15, -0.1) is 0 Å². The van der Waals surface area contributed by atoms with Gasteiger partial charge in [0.25, 0.3) is 5.91 Å². The van der Waals surface area contributed by atoms with E-state index >= 15 is 0 Å². The van der Waals surface area contributed by atoms with Crippen LogP contribution in [-0.2, 0) is 0 Å². The maximum atomic E-state index is 13.4. The molecule has 0 aliphatic rings. The van der Waals surface area contributed by atoms with Crippen molar-refractivity contribution in [2.24, 2.45) is 0 Å². The zero-order valence-electron chi connectivity index (χ0n) is 9.38. The Morgan fingerprint density at radius 2 is 1.68 bits per heavy atom. The fourth-order valence-electron chi connectivity index (χ4n) is 1.52. The summed E-state index contributed by atoms with van der Waals surface area (Å²) in [4.78, 5) is 11.8. The summed E-state index contributed by atoms with van der Waals surface area (Å²) < 4.78 is 40.4. The van der Waals surface area contributed by atoms with E-state index < -0.39 is 28.9 Å². The number of carbonyl (C=O) groups excluding carboxylic acids is 1. The van der Waals surface area contributed by atoms with Crippen molar-refractivity contribution in [2.45, 2.75) is 0 Å². The van der Waals surface area contributed by atoms with Gasteiger partial charge in [-0.2, -0.15) is 0 Å². The second-order valence-electron chi connectivity index (χ2n) is 3.71. The summed E-state index contributed by atoms with van der Waals surface area (Å²) in [7, 11) is 0. The Morgan fingerprint density at radius 3 is 2.26 bits per heavy atom. The molecule has 0 atom stereocenters. The Kier molecular flexibility index (Phi) is 4.08. The Bertz CT molecular complexity index is 623. The lowest BCUT2D eigenvalue weighted by Crippen LogP contribution is -2.16. The van der Waals surface area contributed by atoms with Crippen LogP contribution in [0.3, 0.4) is 0 Å². The van der Waals surface area contributed by atoms with Crippen LogP contribution in [0, 0.1) is 21.0 Å². The summed E-state index contributed by atoms with van der Waals surface area (Å²) in [5.74, 6) is -4.50. The first-order chi connectivity index (χ1) is 8.97. The van der Waals surface area contributed by atoms with Crippen LogP contribution in [0.1, 0.15) is 10.4 Å². The first-order valence-corrected chi connectivity index (χ1v) is 6.26. The molecule has 0 aliphatic carbocycles. The number of anilines is 1. The maximum Gasteiger partial charge on any atom is 0.261 e. The zero-order valence-corrected chi connectivity index (χ0v) is 11.5. The largest absolute Gasteiger partial charge is 0.322 e. The molecule has 2 rings (SSSR count). The number of benzene rings is 2. The lowest BCUT2D eigenvalue weighted by Gasteiger charge is -2.07. The van der Waals surface area contributed by atoms with Gasteiger partial charge in [-0.25, -0.2) is 13.2 Å².